The average molecular weight is 408 g/mol. The lowest BCUT2D eigenvalue weighted by atomic mass is 9.90. The SMILES string of the molecule is CC(C)[C@](C)(C#N)NC(=O)COC(=O)COc1cc(Cl)c(Cl)cc1Cl. The fourth-order valence-electron chi connectivity index (χ4n) is 1.57. The summed E-state index contributed by atoms with van der Waals surface area (Å²) in [6, 6.07) is 4.78. The summed E-state index contributed by atoms with van der Waals surface area (Å²) < 4.78 is 10.00. The Kier molecular flexibility index (Phi) is 7.81. The molecule has 0 unspecified atom stereocenters. The maximum Gasteiger partial charge on any atom is 0.344 e. The summed E-state index contributed by atoms with van der Waals surface area (Å²) >= 11 is 17.5. The van der Waals surface area contributed by atoms with Gasteiger partial charge < -0.3 is 14.8 Å². The molecule has 1 aromatic rings. The molecule has 136 valence electrons. The van der Waals surface area contributed by atoms with Crippen LogP contribution in [0, 0.1) is 17.2 Å². The van der Waals surface area contributed by atoms with Crippen LogP contribution in [-0.2, 0) is 14.3 Å². The molecule has 1 amide bonds. The lowest BCUT2D eigenvalue weighted by Crippen LogP contribution is -2.50. The normalized spacial score (nSPS) is 12.9. The minimum atomic E-state index is -1.05. The molecule has 0 heterocycles. The molecular formula is C16H17Cl3N2O4. The maximum absolute atomic E-state index is 11.8. The summed E-state index contributed by atoms with van der Waals surface area (Å²) in [4.78, 5) is 23.5. The second kappa shape index (κ2) is 9.14. The second-order valence-electron chi connectivity index (χ2n) is 5.66. The van der Waals surface area contributed by atoms with Gasteiger partial charge in [0, 0.05) is 6.07 Å². The standard InChI is InChI=1S/C16H17Cl3N2O4/c1-9(2)16(3,8-20)21-14(22)6-25-15(23)7-24-13-5-11(18)10(17)4-12(13)19/h4-5,9H,6-7H2,1-3H3,(H,21,22)/t16-/m0/s1. The molecule has 0 aliphatic carbocycles. The Balaban J connectivity index is 2.50. The molecule has 0 aliphatic rings. The smallest absolute Gasteiger partial charge is 0.344 e. The first-order valence-corrected chi connectivity index (χ1v) is 8.37. The van der Waals surface area contributed by atoms with Gasteiger partial charge in [0.05, 0.1) is 21.1 Å². The van der Waals surface area contributed by atoms with E-state index in [-0.39, 0.29) is 26.7 Å². The summed E-state index contributed by atoms with van der Waals surface area (Å²) in [7, 11) is 0. The number of ether oxygens (including phenoxy) is 2. The third-order valence-electron chi connectivity index (χ3n) is 3.47. The van der Waals surface area contributed by atoms with Crippen LogP contribution in [0.1, 0.15) is 20.8 Å². The van der Waals surface area contributed by atoms with E-state index in [1.807, 2.05) is 6.07 Å². The zero-order chi connectivity index (χ0) is 19.2. The molecule has 0 radical (unpaired) electrons. The molecule has 1 N–H and O–H groups in total. The van der Waals surface area contributed by atoms with Crippen LogP contribution in [0.2, 0.25) is 15.1 Å². The molecule has 0 saturated heterocycles. The van der Waals surface area contributed by atoms with Gasteiger partial charge in [0.25, 0.3) is 5.91 Å². The molecule has 1 rings (SSSR count). The molecule has 0 saturated carbocycles. The Morgan fingerprint density at radius 3 is 2.36 bits per heavy atom. The molecule has 1 atom stereocenters. The van der Waals surface area contributed by atoms with Crippen LogP contribution in [0.4, 0.5) is 0 Å². The molecule has 0 aromatic heterocycles. The number of esters is 1. The van der Waals surface area contributed by atoms with Crippen molar-refractivity contribution >= 4 is 46.7 Å². The predicted octanol–water partition coefficient (Wildman–Crippen LogP) is 3.62. The molecule has 0 fully saturated rings. The quantitative estimate of drug-likeness (QED) is 0.551. The summed E-state index contributed by atoms with van der Waals surface area (Å²) in [6.45, 7) is 4.19. The van der Waals surface area contributed by atoms with Crippen molar-refractivity contribution in [1.82, 2.24) is 5.32 Å². The van der Waals surface area contributed by atoms with Crippen molar-refractivity contribution in [2.45, 2.75) is 26.3 Å². The maximum atomic E-state index is 11.8. The summed E-state index contributed by atoms with van der Waals surface area (Å²) in [6.07, 6.45) is 0. The van der Waals surface area contributed by atoms with Crippen molar-refractivity contribution in [3.63, 3.8) is 0 Å². The number of benzene rings is 1. The average Bonchev–Trinajstić information content (AvgIpc) is 2.54. The topological polar surface area (TPSA) is 88.4 Å². The van der Waals surface area contributed by atoms with Crippen molar-refractivity contribution < 1.29 is 19.1 Å². The molecule has 6 nitrogen and oxygen atoms in total. The number of carbonyl (C=O) groups excluding carboxylic acids is 2. The minimum Gasteiger partial charge on any atom is -0.480 e. The zero-order valence-corrected chi connectivity index (χ0v) is 16.1. The summed E-state index contributed by atoms with van der Waals surface area (Å²) in [5, 5.41) is 12.3. The van der Waals surface area contributed by atoms with Crippen molar-refractivity contribution in [3.8, 4) is 11.8 Å². The number of hydrogen-bond acceptors (Lipinski definition) is 5. The van der Waals surface area contributed by atoms with Crippen LogP contribution < -0.4 is 10.1 Å². The number of nitrogens with one attached hydrogen (secondary N) is 1. The highest BCUT2D eigenvalue weighted by atomic mass is 35.5. The zero-order valence-electron chi connectivity index (χ0n) is 13.9. The Morgan fingerprint density at radius 2 is 1.80 bits per heavy atom. The van der Waals surface area contributed by atoms with Crippen molar-refractivity contribution in [1.29, 1.82) is 5.26 Å². The van der Waals surface area contributed by atoms with Crippen LogP contribution in [-0.4, -0.2) is 30.6 Å². The van der Waals surface area contributed by atoms with Crippen LogP contribution >= 0.6 is 34.8 Å². The van der Waals surface area contributed by atoms with Gasteiger partial charge in [0.1, 0.15) is 11.3 Å². The number of rotatable bonds is 7. The molecule has 9 heteroatoms. The molecule has 25 heavy (non-hydrogen) atoms. The molecule has 0 aliphatic heterocycles. The van der Waals surface area contributed by atoms with Crippen molar-refractivity contribution in [2.75, 3.05) is 13.2 Å². The summed E-state index contributed by atoms with van der Waals surface area (Å²) in [5.74, 6) is -1.31. The third kappa shape index (κ3) is 6.28. The summed E-state index contributed by atoms with van der Waals surface area (Å²) in [5.41, 5.74) is -1.05. The number of carbonyl (C=O) groups is 2. The van der Waals surface area contributed by atoms with Gasteiger partial charge in [-0.3, -0.25) is 4.79 Å². The minimum absolute atomic E-state index is 0.114. The van der Waals surface area contributed by atoms with Crippen LogP contribution in [0.3, 0.4) is 0 Å². The van der Waals surface area contributed by atoms with E-state index >= 15 is 0 Å². The van der Waals surface area contributed by atoms with Crippen molar-refractivity contribution in [2.24, 2.45) is 5.92 Å². The monoisotopic (exact) mass is 406 g/mol. The fraction of sp³-hybridized carbons (Fsp3) is 0.438. The number of hydrogen-bond donors (Lipinski definition) is 1. The third-order valence-corrected chi connectivity index (χ3v) is 4.49. The van der Waals surface area contributed by atoms with E-state index in [4.69, 9.17) is 49.5 Å². The first kappa shape index (κ1) is 21.4. The number of amides is 1. The predicted molar refractivity (Wildman–Crippen MR) is 94.9 cm³/mol. The van der Waals surface area contributed by atoms with Gasteiger partial charge in [0.2, 0.25) is 0 Å². The van der Waals surface area contributed by atoms with Crippen LogP contribution in [0.15, 0.2) is 12.1 Å². The van der Waals surface area contributed by atoms with E-state index < -0.39 is 30.6 Å². The molecule has 0 bridgehead atoms. The van der Waals surface area contributed by atoms with E-state index in [2.05, 4.69) is 5.32 Å². The van der Waals surface area contributed by atoms with E-state index in [1.165, 1.54) is 12.1 Å². The van der Waals surface area contributed by atoms with E-state index in [1.54, 1.807) is 20.8 Å². The van der Waals surface area contributed by atoms with Gasteiger partial charge in [-0.15, -0.1) is 0 Å². The largest absolute Gasteiger partial charge is 0.480 e. The van der Waals surface area contributed by atoms with Gasteiger partial charge in [-0.05, 0) is 18.9 Å². The van der Waals surface area contributed by atoms with E-state index in [0.29, 0.717) is 0 Å². The lowest BCUT2D eigenvalue weighted by molar-refractivity contribution is -0.150. The highest BCUT2D eigenvalue weighted by Gasteiger charge is 2.30. The van der Waals surface area contributed by atoms with Gasteiger partial charge in [-0.1, -0.05) is 48.7 Å². The highest BCUT2D eigenvalue weighted by molar-refractivity contribution is 6.43. The number of halogens is 3. The molecule has 0 spiro atoms. The van der Waals surface area contributed by atoms with Gasteiger partial charge in [0.15, 0.2) is 13.2 Å². The Bertz CT molecular complexity index is 703. The van der Waals surface area contributed by atoms with Crippen molar-refractivity contribution in [3.05, 3.63) is 27.2 Å². The number of nitriles is 1. The van der Waals surface area contributed by atoms with E-state index in [0.717, 1.165) is 0 Å². The van der Waals surface area contributed by atoms with Crippen LogP contribution in [0.5, 0.6) is 5.75 Å². The fourth-order valence-corrected chi connectivity index (χ4v) is 2.16. The van der Waals surface area contributed by atoms with Crippen LogP contribution in [0.25, 0.3) is 0 Å². The Morgan fingerprint density at radius 1 is 1.20 bits per heavy atom. The Hall–Kier alpha value is -1.68. The van der Waals surface area contributed by atoms with Gasteiger partial charge >= 0.3 is 5.97 Å². The van der Waals surface area contributed by atoms with Gasteiger partial charge in [-0.25, -0.2) is 4.79 Å². The Labute approximate surface area is 160 Å². The lowest BCUT2D eigenvalue weighted by Gasteiger charge is -2.27. The molecular weight excluding hydrogens is 391 g/mol. The highest BCUT2D eigenvalue weighted by Crippen LogP contribution is 2.33. The first-order valence-electron chi connectivity index (χ1n) is 7.24. The second-order valence-corrected chi connectivity index (χ2v) is 6.88. The van der Waals surface area contributed by atoms with Gasteiger partial charge in [-0.2, -0.15) is 5.26 Å². The van der Waals surface area contributed by atoms with E-state index in [9.17, 15) is 9.59 Å². The molecule has 1 aromatic carbocycles. The first-order chi connectivity index (χ1) is 11.6. The number of nitrogens with zero attached hydrogens (tertiary/aromatic N) is 1.